The Balaban J connectivity index is 2.71. The van der Waals surface area contributed by atoms with Crippen LogP contribution >= 0.6 is 12.6 Å². The van der Waals surface area contributed by atoms with Crippen molar-refractivity contribution in [2.45, 2.75) is 12.6 Å². The summed E-state index contributed by atoms with van der Waals surface area (Å²) in [5.41, 5.74) is 0.998. The molecule has 1 aromatic carbocycles. The van der Waals surface area contributed by atoms with Crippen LogP contribution in [-0.2, 0) is 16.2 Å². The Morgan fingerprint density at radius 3 is 2.56 bits per heavy atom. The second kappa shape index (κ2) is 6.52. The van der Waals surface area contributed by atoms with Crippen molar-refractivity contribution in [3.05, 3.63) is 35.9 Å². The van der Waals surface area contributed by atoms with Crippen LogP contribution in [0.2, 0.25) is 0 Å². The molecule has 1 rings (SSSR count). The summed E-state index contributed by atoms with van der Waals surface area (Å²) < 4.78 is 0. The molecule has 0 spiro atoms. The smallest absolute Gasteiger partial charge is 0.324 e. The average Bonchev–Trinajstić information content (AvgIpc) is 2.29. The minimum absolute atomic E-state index is 0.204. The predicted octanol–water partition coefficient (Wildman–Crippen LogP) is 1.43. The Morgan fingerprint density at radius 1 is 1.50 bits per heavy atom. The minimum atomic E-state index is -0.937. The molecule has 0 aromatic heterocycles. The first-order valence-electron chi connectivity index (χ1n) is 4.87. The number of aliphatic carboxylic acids is 1. The van der Waals surface area contributed by atoms with E-state index in [0.29, 0.717) is 6.54 Å². The van der Waals surface area contributed by atoms with Crippen LogP contribution in [0.25, 0.3) is 0 Å². The highest BCUT2D eigenvalue weighted by Crippen LogP contribution is 2.09. The average molecular weight is 241 g/mol. The van der Waals surface area contributed by atoms with Gasteiger partial charge in [-0.3, -0.25) is 4.79 Å². The van der Waals surface area contributed by atoms with E-state index in [0.717, 1.165) is 5.56 Å². The number of carboxylic acids is 1. The number of carboxylic acid groups (broad SMARTS) is 1. The molecule has 0 unspecified atom stereocenters. The van der Waals surface area contributed by atoms with Crippen LogP contribution in [0.1, 0.15) is 5.56 Å². The summed E-state index contributed by atoms with van der Waals surface area (Å²) in [4.78, 5) is 16.0. The summed E-state index contributed by atoms with van der Waals surface area (Å²) in [6.07, 6.45) is 0. The van der Waals surface area contributed by atoms with E-state index in [1.165, 1.54) is 12.2 Å². The molecule has 4 nitrogen and oxygen atoms in total. The van der Waals surface area contributed by atoms with Crippen LogP contribution < -0.4 is 0 Å². The van der Waals surface area contributed by atoms with Gasteiger partial charge in [0.15, 0.2) is 0 Å². The summed E-state index contributed by atoms with van der Waals surface area (Å²) in [7, 11) is 1.46. The third-order valence-electron chi connectivity index (χ3n) is 2.22. The van der Waals surface area contributed by atoms with E-state index in [1.807, 2.05) is 30.3 Å². The lowest BCUT2D eigenvalue weighted by Crippen LogP contribution is -2.41. The molecule has 0 aliphatic heterocycles. The number of benzene rings is 1. The highest BCUT2D eigenvalue weighted by atomic mass is 32.1. The largest absolute Gasteiger partial charge is 0.480 e. The Bertz CT molecular complexity index is 331. The quantitative estimate of drug-likeness (QED) is 0.584. The standard InChI is InChI=1S/C11H15NO3S/c1-15-12(10(8-16)11(13)14)7-9-5-3-2-4-6-9/h2-6,10,16H,7-8H2,1H3,(H,13,14)/t10-/m0/s1. The molecule has 1 atom stereocenters. The van der Waals surface area contributed by atoms with Gasteiger partial charge in [0.2, 0.25) is 0 Å². The number of nitrogens with zero attached hydrogens (tertiary/aromatic N) is 1. The van der Waals surface area contributed by atoms with Crippen LogP contribution in [0.3, 0.4) is 0 Å². The van der Waals surface area contributed by atoms with Crippen molar-refractivity contribution in [1.82, 2.24) is 5.06 Å². The van der Waals surface area contributed by atoms with Crippen LogP contribution in [-0.4, -0.2) is 35.0 Å². The van der Waals surface area contributed by atoms with E-state index < -0.39 is 12.0 Å². The molecule has 88 valence electrons. The number of hydroxylamine groups is 2. The summed E-state index contributed by atoms with van der Waals surface area (Å²) in [6.45, 7) is 0.425. The van der Waals surface area contributed by atoms with Crippen molar-refractivity contribution in [2.75, 3.05) is 12.9 Å². The van der Waals surface area contributed by atoms with Gasteiger partial charge in [0.05, 0.1) is 13.7 Å². The summed E-state index contributed by atoms with van der Waals surface area (Å²) in [6, 6.07) is 8.81. The second-order valence-corrected chi connectivity index (χ2v) is 3.65. The Kier molecular flexibility index (Phi) is 5.31. The summed E-state index contributed by atoms with van der Waals surface area (Å²) in [5, 5.41) is 10.4. The molecule has 0 fully saturated rings. The molecular weight excluding hydrogens is 226 g/mol. The molecule has 5 heteroatoms. The maximum Gasteiger partial charge on any atom is 0.324 e. The van der Waals surface area contributed by atoms with Crippen molar-refractivity contribution in [3.8, 4) is 0 Å². The van der Waals surface area contributed by atoms with Crippen molar-refractivity contribution in [1.29, 1.82) is 0 Å². The van der Waals surface area contributed by atoms with Crippen LogP contribution in [0.4, 0.5) is 0 Å². The summed E-state index contributed by atoms with van der Waals surface area (Å²) >= 11 is 4.01. The van der Waals surface area contributed by atoms with Gasteiger partial charge in [-0.25, -0.2) is 0 Å². The van der Waals surface area contributed by atoms with E-state index >= 15 is 0 Å². The van der Waals surface area contributed by atoms with Crippen molar-refractivity contribution < 1.29 is 14.7 Å². The Hall–Kier alpha value is -1.04. The van der Waals surface area contributed by atoms with Crippen LogP contribution in [0, 0.1) is 0 Å². The number of thiol groups is 1. The van der Waals surface area contributed by atoms with Crippen molar-refractivity contribution in [3.63, 3.8) is 0 Å². The molecule has 0 saturated carbocycles. The number of hydrogen-bond donors (Lipinski definition) is 2. The zero-order valence-electron chi connectivity index (χ0n) is 9.04. The van der Waals surface area contributed by atoms with Crippen LogP contribution in [0.15, 0.2) is 30.3 Å². The normalized spacial score (nSPS) is 12.7. The lowest BCUT2D eigenvalue weighted by Gasteiger charge is -2.25. The van der Waals surface area contributed by atoms with Crippen molar-refractivity contribution in [2.24, 2.45) is 0 Å². The highest BCUT2D eigenvalue weighted by molar-refractivity contribution is 7.80. The van der Waals surface area contributed by atoms with Gasteiger partial charge in [-0.1, -0.05) is 30.3 Å². The molecule has 0 aliphatic carbocycles. The second-order valence-electron chi connectivity index (χ2n) is 3.28. The Labute approximate surface area is 100 Å². The van der Waals surface area contributed by atoms with E-state index in [2.05, 4.69) is 12.6 Å². The number of rotatable bonds is 6. The SMILES string of the molecule is CON(Cc1ccccc1)[C@@H](CS)C(=O)O. The first-order valence-corrected chi connectivity index (χ1v) is 5.50. The molecule has 0 saturated heterocycles. The molecule has 0 aliphatic rings. The molecule has 0 radical (unpaired) electrons. The van der Waals surface area contributed by atoms with Crippen molar-refractivity contribution >= 4 is 18.6 Å². The first-order chi connectivity index (χ1) is 7.69. The monoisotopic (exact) mass is 241 g/mol. The molecule has 1 N–H and O–H groups in total. The fourth-order valence-corrected chi connectivity index (χ4v) is 1.70. The molecule has 0 heterocycles. The maximum absolute atomic E-state index is 11.0. The highest BCUT2D eigenvalue weighted by Gasteiger charge is 2.24. The third kappa shape index (κ3) is 3.52. The molecular formula is C11H15NO3S. The van der Waals surface area contributed by atoms with Gasteiger partial charge >= 0.3 is 5.97 Å². The summed E-state index contributed by atoms with van der Waals surface area (Å²) in [5.74, 6) is -0.733. The van der Waals surface area contributed by atoms with E-state index in [9.17, 15) is 4.79 Å². The lowest BCUT2D eigenvalue weighted by molar-refractivity contribution is -0.184. The zero-order valence-corrected chi connectivity index (χ0v) is 9.93. The van der Waals surface area contributed by atoms with Gasteiger partial charge in [-0.05, 0) is 5.56 Å². The van der Waals surface area contributed by atoms with Gasteiger partial charge in [-0.15, -0.1) is 0 Å². The zero-order chi connectivity index (χ0) is 12.0. The predicted molar refractivity (Wildman–Crippen MR) is 64.3 cm³/mol. The van der Waals surface area contributed by atoms with E-state index in [4.69, 9.17) is 9.94 Å². The van der Waals surface area contributed by atoms with Gasteiger partial charge in [-0.2, -0.15) is 17.7 Å². The number of hydrogen-bond acceptors (Lipinski definition) is 4. The topological polar surface area (TPSA) is 49.8 Å². The molecule has 1 aromatic rings. The molecule has 16 heavy (non-hydrogen) atoms. The number of carbonyl (C=O) groups is 1. The molecule has 0 bridgehead atoms. The Morgan fingerprint density at radius 2 is 2.12 bits per heavy atom. The van der Waals surface area contributed by atoms with E-state index in [-0.39, 0.29) is 5.75 Å². The fourth-order valence-electron chi connectivity index (χ4n) is 1.36. The minimum Gasteiger partial charge on any atom is -0.480 e. The van der Waals surface area contributed by atoms with Gasteiger partial charge in [0.25, 0.3) is 0 Å². The lowest BCUT2D eigenvalue weighted by atomic mass is 10.2. The van der Waals surface area contributed by atoms with Crippen LogP contribution in [0.5, 0.6) is 0 Å². The maximum atomic E-state index is 11.0. The van der Waals surface area contributed by atoms with Gasteiger partial charge in [0, 0.05) is 5.75 Å². The molecule has 0 amide bonds. The first kappa shape index (κ1) is 13.0. The van der Waals surface area contributed by atoms with E-state index in [1.54, 1.807) is 0 Å². The third-order valence-corrected chi connectivity index (χ3v) is 2.57. The fraction of sp³-hybridized carbons (Fsp3) is 0.364. The van der Waals surface area contributed by atoms with Gasteiger partial charge < -0.3 is 9.94 Å². The van der Waals surface area contributed by atoms with Gasteiger partial charge in [0.1, 0.15) is 6.04 Å².